The first-order valence-corrected chi connectivity index (χ1v) is 14.0. The molecule has 0 amide bonds. The summed E-state index contributed by atoms with van der Waals surface area (Å²) in [5.74, 6) is -1.19. The number of allylic oxidation sites excluding steroid dienone is 2. The Morgan fingerprint density at radius 1 is 0.952 bits per heavy atom. The summed E-state index contributed by atoms with van der Waals surface area (Å²) in [4.78, 5) is 41.9. The molecule has 1 unspecified atom stereocenters. The number of ether oxygens (including phenoxy) is 3. The highest BCUT2D eigenvalue weighted by Crippen LogP contribution is 2.40. The maximum Gasteiger partial charge on any atom is 0.336 e. The van der Waals surface area contributed by atoms with Gasteiger partial charge in [-0.05, 0) is 50.9 Å². The number of nitrogens with one attached hydrogen (secondary N) is 1. The number of piperazine rings is 1. The highest BCUT2D eigenvalue weighted by atomic mass is 16.6. The van der Waals surface area contributed by atoms with Gasteiger partial charge in [0.05, 0.1) is 48.5 Å². The molecule has 0 saturated carbocycles. The molecular formula is C31H38N4O7. The predicted molar refractivity (Wildman–Crippen MR) is 158 cm³/mol. The summed E-state index contributed by atoms with van der Waals surface area (Å²) >= 11 is 0. The van der Waals surface area contributed by atoms with Crippen LogP contribution in [0.4, 0.5) is 11.4 Å². The van der Waals surface area contributed by atoms with Crippen LogP contribution < -0.4 is 15.0 Å². The van der Waals surface area contributed by atoms with Crippen molar-refractivity contribution in [3.05, 3.63) is 86.7 Å². The monoisotopic (exact) mass is 578 g/mol. The Labute approximate surface area is 245 Å². The van der Waals surface area contributed by atoms with Crippen molar-refractivity contribution in [3.8, 4) is 5.75 Å². The highest BCUT2D eigenvalue weighted by molar-refractivity contribution is 5.99. The molecule has 1 atom stereocenters. The number of nitro benzene ring substituents is 1. The first kappa shape index (κ1) is 30.6. The van der Waals surface area contributed by atoms with Gasteiger partial charge in [0.2, 0.25) is 0 Å². The second-order valence-electron chi connectivity index (χ2n) is 10.3. The number of methoxy groups -OCH3 is 2. The van der Waals surface area contributed by atoms with Crippen molar-refractivity contribution in [2.45, 2.75) is 32.6 Å². The molecule has 42 heavy (non-hydrogen) atoms. The number of nitrogens with zero attached hydrogens (tertiary/aromatic N) is 3. The van der Waals surface area contributed by atoms with Crippen molar-refractivity contribution in [2.75, 3.05) is 58.5 Å². The van der Waals surface area contributed by atoms with Gasteiger partial charge >= 0.3 is 11.9 Å². The average Bonchev–Trinajstić information content (AvgIpc) is 3.00. The number of carbonyl (C=O) groups excluding carboxylic acids is 2. The number of rotatable bonds is 11. The number of nitro groups is 1. The SMILES string of the molecule is COC(=O)C1=C(C)NC(C)=C(C(=O)OCCCCN2CCN(c3ccccc3OC)CC2)C1c1cccc([N+](=O)[O-])c1. The third kappa shape index (κ3) is 6.91. The zero-order valence-corrected chi connectivity index (χ0v) is 24.6. The van der Waals surface area contributed by atoms with Gasteiger partial charge in [-0.2, -0.15) is 0 Å². The van der Waals surface area contributed by atoms with Crippen LogP contribution in [0, 0.1) is 10.1 Å². The molecule has 1 N–H and O–H groups in total. The molecule has 0 spiro atoms. The Morgan fingerprint density at radius 3 is 2.31 bits per heavy atom. The lowest BCUT2D eigenvalue weighted by Gasteiger charge is -2.36. The zero-order chi connectivity index (χ0) is 30.2. The molecule has 2 aromatic rings. The largest absolute Gasteiger partial charge is 0.495 e. The number of unbranched alkanes of at least 4 members (excludes halogenated alkanes) is 1. The molecule has 224 valence electrons. The minimum Gasteiger partial charge on any atom is -0.495 e. The van der Waals surface area contributed by atoms with E-state index in [0.717, 1.165) is 50.6 Å². The third-order valence-electron chi connectivity index (χ3n) is 7.70. The van der Waals surface area contributed by atoms with Gasteiger partial charge in [0.15, 0.2) is 0 Å². The number of hydrogen-bond donors (Lipinski definition) is 1. The number of non-ortho nitro benzene ring substituents is 1. The molecule has 0 bridgehead atoms. The van der Waals surface area contributed by atoms with Crippen molar-refractivity contribution in [1.82, 2.24) is 10.2 Å². The van der Waals surface area contributed by atoms with Gasteiger partial charge in [-0.3, -0.25) is 15.0 Å². The maximum absolute atomic E-state index is 13.4. The number of dihydropyridines is 1. The fourth-order valence-electron chi connectivity index (χ4n) is 5.58. The van der Waals surface area contributed by atoms with E-state index in [-0.39, 0.29) is 23.4 Å². The molecule has 11 heteroatoms. The number of para-hydroxylation sites is 2. The molecule has 2 aliphatic rings. The van der Waals surface area contributed by atoms with E-state index in [2.05, 4.69) is 21.2 Å². The van der Waals surface area contributed by atoms with E-state index in [4.69, 9.17) is 14.2 Å². The van der Waals surface area contributed by atoms with Gasteiger partial charge in [-0.1, -0.05) is 24.3 Å². The second kappa shape index (κ2) is 14.0. The molecule has 1 saturated heterocycles. The Morgan fingerprint density at radius 2 is 1.64 bits per heavy atom. The molecule has 4 rings (SSSR count). The Balaban J connectivity index is 1.35. The van der Waals surface area contributed by atoms with E-state index in [0.29, 0.717) is 23.4 Å². The summed E-state index contributed by atoms with van der Waals surface area (Å²) in [6.45, 7) is 8.22. The Hall–Kier alpha value is -4.38. The van der Waals surface area contributed by atoms with E-state index in [1.54, 1.807) is 27.0 Å². The van der Waals surface area contributed by atoms with Crippen molar-refractivity contribution in [3.63, 3.8) is 0 Å². The average molecular weight is 579 g/mol. The van der Waals surface area contributed by atoms with Crippen LogP contribution in [0.15, 0.2) is 71.1 Å². The molecule has 2 aliphatic heterocycles. The zero-order valence-electron chi connectivity index (χ0n) is 24.6. The number of benzene rings is 2. The predicted octanol–water partition coefficient (Wildman–Crippen LogP) is 4.16. The van der Waals surface area contributed by atoms with Crippen LogP contribution in [-0.2, 0) is 19.1 Å². The fourth-order valence-corrected chi connectivity index (χ4v) is 5.58. The van der Waals surface area contributed by atoms with Crippen molar-refractivity contribution in [1.29, 1.82) is 0 Å². The molecular weight excluding hydrogens is 540 g/mol. The smallest absolute Gasteiger partial charge is 0.336 e. The summed E-state index contributed by atoms with van der Waals surface area (Å²) in [6.07, 6.45) is 1.54. The summed E-state index contributed by atoms with van der Waals surface area (Å²) in [6, 6.07) is 14.0. The number of esters is 2. The van der Waals surface area contributed by atoms with Crippen molar-refractivity contribution < 1.29 is 28.7 Å². The standard InChI is InChI=1S/C31H38N4O7/c1-21-27(30(36)41-4)29(23-10-9-11-24(20-23)35(38)39)28(22(2)32-21)31(37)42-19-8-7-14-33-15-17-34(18-16-33)25-12-5-6-13-26(25)40-3/h5-6,9-13,20,29,32H,7-8,14-19H2,1-4H3. The highest BCUT2D eigenvalue weighted by Gasteiger charge is 2.38. The molecule has 2 aromatic carbocycles. The van der Waals surface area contributed by atoms with Crippen LogP contribution in [0.5, 0.6) is 5.75 Å². The fraction of sp³-hybridized carbons (Fsp3) is 0.419. The van der Waals surface area contributed by atoms with Crippen molar-refractivity contribution in [2.24, 2.45) is 0 Å². The summed E-state index contributed by atoms with van der Waals surface area (Å²) in [5, 5.41) is 14.5. The topological polar surface area (TPSA) is 123 Å². The van der Waals surface area contributed by atoms with Crippen LogP contribution in [0.3, 0.4) is 0 Å². The Kier molecular flexibility index (Phi) is 10.2. The van der Waals surface area contributed by atoms with Crippen LogP contribution in [0.25, 0.3) is 0 Å². The summed E-state index contributed by atoms with van der Waals surface area (Å²) in [7, 11) is 2.95. The van der Waals surface area contributed by atoms with Crippen LogP contribution >= 0.6 is 0 Å². The third-order valence-corrected chi connectivity index (χ3v) is 7.70. The van der Waals surface area contributed by atoms with E-state index >= 15 is 0 Å². The molecule has 0 aliphatic carbocycles. The number of hydrogen-bond acceptors (Lipinski definition) is 10. The summed E-state index contributed by atoms with van der Waals surface area (Å²) < 4.78 is 16.2. The molecule has 1 fully saturated rings. The first-order chi connectivity index (χ1) is 20.2. The lowest BCUT2D eigenvalue weighted by molar-refractivity contribution is -0.384. The molecule has 11 nitrogen and oxygen atoms in total. The molecule has 2 heterocycles. The molecule has 0 radical (unpaired) electrons. The van der Waals surface area contributed by atoms with Gasteiger partial charge < -0.3 is 24.4 Å². The number of carbonyl (C=O) groups is 2. The van der Waals surface area contributed by atoms with Gasteiger partial charge in [0, 0.05) is 49.7 Å². The maximum atomic E-state index is 13.4. The summed E-state index contributed by atoms with van der Waals surface area (Å²) in [5.41, 5.74) is 2.88. The van der Waals surface area contributed by atoms with E-state index in [9.17, 15) is 19.7 Å². The normalized spacial score (nSPS) is 17.5. The van der Waals surface area contributed by atoms with E-state index in [1.165, 1.54) is 25.3 Å². The van der Waals surface area contributed by atoms with Gasteiger partial charge in [0.1, 0.15) is 5.75 Å². The second-order valence-corrected chi connectivity index (χ2v) is 10.3. The van der Waals surface area contributed by atoms with Gasteiger partial charge in [0.25, 0.3) is 5.69 Å². The lowest BCUT2D eigenvalue weighted by Crippen LogP contribution is -2.46. The van der Waals surface area contributed by atoms with Crippen LogP contribution in [0.1, 0.15) is 38.2 Å². The first-order valence-electron chi connectivity index (χ1n) is 14.0. The lowest BCUT2D eigenvalue weighted by atomic mass is 9.80. The van der Waals surface area contributed by atoms with Gasteiger partial charge in [-0.25, -0.2) is 9.59 Å². The quantitative estimate of drug-likeness (QED) is 0.180. The number of anilines is 1. The van der Waals surface area contributed by atoms with Crippen molar-refractivity contribution >= 4 is 23.3 Å². The van der Waals surface area contributed by atoms with Gasteiger partial charge in [-0.15, -0.1) is 0 Å². The Bertz CT molecular complexity index is 1380. The minimum atomic E-state index is -0.870. The van der Waals surface area contributed by atoms with Crippen LogP contribution in [-0.4, -0.2) is 75.3 Å². The molecule has 0 aromatic heterocycles. The van der Waals surface area contributed by atoms with Crippen LogP contribution in [0.2, 0.25) is 0 Å². The van der Waals surface area contributed by atoms with E-state index < -0.39 is 22.8 Å². The minimum absolute atomic E-state index is 0.137. The van der Waals surface area contributed by atoms with E-state index in [1.807, 2.05) is 18.2 Å².